The highest BCUT2D eigenvalue weighted by Crippen LogP contribution is 2.13. The molecule has 1 aliphatic heterocycles. The molecule has 32 heavy (non-hydrogen) atoms. The van der Waals surface area contributed by atoms with Crippen LogP contribution >= 0.6 is 24.0 Å². The van der Waals surface area contributed by atoms with E-state index in [2.05, 4.69) is 57.0 Å². The number of hydrogen-bond acceptors (Lipinski definition) is 4. The zero-order chi connectivity index (χ0) is 21.9. The van der Waals surface area contributed by atoms with Gasteiger partial charge in [0.05, 0.1) is 12.8 Å². The van der Waals surface area contributed by atoms with Crippen molar-refractivity contribution in [2.75, 3.05) is 32.7 Å². The van der Waals surface area contributed by atoms with Gasteiger partial charge >= 0.3 is 0 Å². The molecule has 0 radical (unpaired) electrons. The molecular weight excluding hydrogens is 517 g/mol. The van der Waals surface area contributed by atoms with E-state index in [1.165, 1.54) is 43.3 Å². The standard InChI is InChI=1S/C24H35N5O2.HI/c1-3-25-24(27-13-6-12-26-23(30)22-19(2)11-16-31-22)28-17-20-7-9-21(10-8-20)18-29-14-4-5-15-29;/h7-11,16H,3-6,12-15,17-18H2,1-2H3,(H,26,30)(H2,25,27,28);1H. The number of hydrogen-bond donors (Lipinski definition) is 3. The molecule has 7 nitrogen and oxygen atoms in total. The predicted octanol–water partition coefficient (Wildman–Crippen LogP) is 3.68. The topological polar surface area (TPSA) is 81.9 Å². The zero-order valence-corrected chi connectivity index (χ0v) is 21.5. The van der Waals surface area contributed by atoms with Gasteiger partial charge in [0.25, 0.3) is 5.91 Å². The van der Waals surface area contributed by atoms with Crippen LogP contribution in [0.15, 0.2) is 46.0 Å². The molecule has 0 saturated carbocycles. The lowest BCUT2D eigenvalue weighted by molar-refractivity contribution is 0.0925. The average molecular weight is 553 g/mol. The summed E-state index contributed by atoms with van der Waals surface area (Å²) in [6.45, 7) is 10.1. The van der Waals surface area contributed by atoms with Crippen LogP contribution in [-0.4, -0.2) is 49.5 Å². The van der Waals surface area contributed by atoms with Gasteiger partial charge in [0.15, 0.2) is 11.7 Å². The monoisotopic (exact) mass is 553 g/mol. The van der Waals surface area contributed by atoms with Gasteiger partial charge in [-0.25, -0.2) is 4.99 Å². The zero-order valence-electron chi connectivity index (χ0n) is 19.2. The van der Waals surface area contributed by atoms with Crippen LogP contribution < -0.4 is 16.0 Å². The molecule has 1 fully saturated rings. The van der Waals surface area contributed by atoms with E-state index < -0.39 is 0 Å². The van der Waals surface area contributed by atoms with Crippen molar-refractivity contribution in [2.45, 2.75) is 46.2 Å². The van der Waals surface area contributed by atoms with Gasteiger partial charge < -0.3 is 20.4 Å². The van der Waals surface area contributed by atoms with Gasteiger partial charge in [0.1, 0.15) is 0 Å². The second-order valence-corrected chi connectivity index (χ2v) is 7.96. The number of halogens is 1. The Hall–Kier alpha value is -2.07. The second-order valence-electron chi connectivity index (χ2n) is 7.96. The van der Waals surface area contributed by atoms with Crippen molar-refractivity contribution >= 4 is 35.8 Å². The van der Waals surface area contributed by atoms with Crippen molar-refractivity contribution in [1.29, 1.82) is 0 Å². The number of carbonyl (C=O) groups excluding carboxylic acids is 1. The molecular formula is C24H36IN5O2. The molecule has 0 atom stereocenters. The highest BCUT2D eigenvalue weighted by Gasteiger charge is 2.12. The van der Waals surface area contributed by atoms with E-state index >= 15 is 0 Å². The Kier molecular flexibility index (Phi) is 11.6. The van der Waals surface area contributed by atoms with Gasteiger partial charge in [-0.05, 0) is 63.4 Å². The van der Waals surface area contributed by atoms with Crippen LogP contribution in [-0.2, 0) is 13.1 Å². The minimum Gasteiger partial charge on any atom is -0.459 e. The van der Waals surface area contributed by atoms with E-state index in [0.29, 0.717) is 18.8 Å². The summed E-state index contributed by atoms with van der Waals surface area (Å²) in [7, 11) is 0. The maximum atomic E-state index is 12.0. The van der Waals surface area contributed by atoms with E-state index in [1.807, 2.05) is 6.92 Å². The van der Waals surface area contributed by atoms with E-state index in [-0.39, 0.29) is 29.9 Å². The van der Waals surface area contributed by atoms with Crippen molar-refractivity contribution in [3.8, 4) is 0 Å². The molecule has 3 N–H and O–H groups in total. The molecule has 0 unspecified atom stereocenters. The quantitative estimate of drug-likeness (QED) is 0.181. The molecule has 1 aromatic carbocycles. The van der Waals surface area contributed by atoms with E-state index in [4.69, 9.17) is 4.42 Å². The summed E-state index contributed by atoms with van der Waals surface area (Å²) < 4.78 is 5.21. The lowest BCUT2D eigenvalue weighted by Gasteiger charge is -2.14. The number of nitrogens with one attached hydrogen (secondary N) is 3. The van der Waals surface area contributed by atoms with Crippen LogP contribution in [0.1, 0.15) is 53.4 Å². The number of carbonyl (C=O) groups is 1. The number of nitrogens with zero attached hydrogens (tertiary/aromatic N) is 2. The molecule has 0 aliphatic carbocycles. The Morgan fingerprint density at radius 3 is 2.38 bits per heavy atom. The Balaban J connectivity index is 0.00000363. The highest BCUT2D eigenvalue weighted by atomic mass is 127. The molecule has 0 spiro atoms. The first-order valence-corrected chi connectivity index (χ1v) is 11.3. The Labute approximate surface area is 208 Å². The Morgan fingerprint density at radius 2 is 1.72 bits per heavy atom. The second kappa shape index (κ2) is 14.2. The van der Waals surface area contributed by atoms with Crippen LogP contribution in [0, 0.1) is 6.92 Å². The van der Waals surface area contributed by atoms with E-state index in [9.17, 15) is 4.79 Å². The highest BCUT2D eigenvalue weighted by molar-refractivity contribution is 14.0. The fourth-order valence-corrected chi connectivity index (χ4v) is 3.64. The van der Waals surface area contributed by atoms with Crippen LogP contribution in [0.3, 0.4) is 0 Å². The lowest BCUT2D eigenvalue weighted by Crippen LogP contribution is -2.38. The van der Waals surface area contributed by atoms with Crippen LogP contribution in [0.4, 0.5) is 0 Å². The molecule has 1 amide bonds. The van der Waals surface area contributed by atoms with E-state index in [0.717, 1.165) is 37.6 Å². The number of amides is 1. The molecule has 3 rings (SSSR count). The lowest BCUT2D eigenvalue weighted by atomic mass is 10.1. The summed E-state index contributed by atoms with van der Waals surface area (Å²) in [5.41, 5.74) is 3.41. The maximum Gasteiger partial charge on any atom is 0.287 e. The number of rotatable bonds is 10. The van der Waals surface area contributed by atoms with Gasteiger partial charge in [-0.15, -0.1) is 24.0 Å². The number of aryl methyl sites for hydroxylation is 1. The third-order valence-electron chi connectivity index (χ3n) is 5.39. The summed E-state index contributed by atoms with van der Waals surface area (Å²) in [5, 5.41) is 9.48. The van der Waals surface area contributed by atoms with Crippen molar-refractivity contribution in [3.63, 3.8) is 0 Å². The molecule has 2 aromatic rings. The van der Waals surface area contributed by atoms with Crippen LogP contribution in [0.2, 0.25) is 0 Å². The number of aliphatic imine (C=N–C) groups is 1. The van der Waals surface area contributed by atoms with Gasteiger partial charge in [-0.2, -0.15) is 0 Å². The van der Waals surface area contributed by atoms with Gasteiger partial charge in [-0.1, -0.05) is 24.3 Å². The first-order valence-electron chi connectivity index (χ1n) is 11.3. The number of guanidine groups is 1. The number of likely N-dealkylation sites (tertiary alicyclic amines) is 1. The predicted molar refractivity (Wildman–Crippen MR) is 140 cm³/mol. The third-order valence-corrected chi connectivity index (χ3v) is 5.39. The SMILES string of the molecule is CCNC(=NCc1ccc(CN2CCCC2)cc1)NCCCNC(=O)c1occc1C.I. The largest absolute Gasteiger partial charge is 0.459 e. The first-order chi connectivity index (χ1) is 15.2. The molecule has 1 aromatic heterocycles. The van der Waals surface area contributed by atoms with E-state index in [1.54, 1.807) is 6.07 Å². The smallest absolute Gasteiger partial charge is 0.287 e. The van der Waals surface area contributed by atoms with Crippen LogP contribution in [0.5, 0.6) is 0 Å². The fraction of sp³-hybridized carbons (Fsp3) is 0.500. The van der Waals surface area contributed by atoms with Gasteiger partial charge in [0, 0.05) is 31.7 Å². The summed E-state index contributed by atoms with van der Waals surface area (Å²) in [4.78, 5) is 19.2. The first kappa shape index (κ1) is 26.2. The Bertz CT molecular complexity index is 844. The van der Waals surface area contributed by atoms with Crippen molar-refractivity contribution in [3.05, 3.63) is 59.0 Å². The summed E-state index contributed by atoms with van der Waals surface area (Å²) in [6, 6.07) is 10.6. The summed E-state index contributed by atoms with van der Waals surface area (Å²) in [5.74, 6) is 1.00. The van der Waals surface area contributed by atoms with Crippen molar-refractivity contribution in [2.24, 2.45) is 4.99 Å². The molecule has 0 bridgehead atoms. The normalized spacial score (nSPS) is 14.1. The maximum absolute atomic E-state index is 12.0. The third kappa shape index (κ3) is 8.46. The molecule has 1 aliphatic rings. The average Bonchev–Trinajstić information content (AvgIpc) is 3.44. The minimum atomic E-state index is -0.170. The number of furan rings is 1. The fourth-order valence-electron chi connectivity index (χ4n) is 3.64. The Morgan fingerprint density at radius 1 is 1.03 bits per heavy atom. The summed E-state index contributed by atoms with van der Waals surface area (Å²) >= 11 is 0. The number of benzene rings is 1. The molecule has 8 heteroatoms. The van der Waals surface area contributed by atoms with Gasteiger partial charge in [0.2, 0.25) is 0 Å². The summed E-state index contributed by atoms with van der Waals surface area (Å²) in [6.07, 6.45) is 4.97. The van der Waals surface area contributed by atoms with Crippen molar-refractivity contribution < 1.29 is 9.21 Å². The molecule has 2 heterocycles. The van der Waals surface area contributed by atoms with Crippen molar-refractivity contribution in [1.82, 2.24) is 20.9 Å². The molecule has 1 saturated heterocycles. The van der Waals surface area contributed by atoms with Crippen LogP contribution in [0.25, 0.3) is 0 Å². The minimum absolute atomic E-state index is 0. The van der Waals surface area contributed by atoms with Gasteiger partial charge in [-0.3, -0.25) is 9.69 Å². The molecule has 176 valence electrons.